The van der Waals surface area contributed by atoms with Gasteiger partial charge in [-0.25, -0.2) is 0 Å². The third kappa shape index (κ3) is 4.26. The van der Waals surface area contributed by atoms with Gasteiger partial charge < -0.3 is 5.32 Å². The molecule has 0 radical (unpaired) electrons. The summed E-state index contributed by atoms with van der Waals surface area (Å²) in [5, 5.41) is 3.72. The van der Waals surface area contributed by atoms with Crippen molar-refractivity contribution in [2.45, 2.75) is 78.4 Å². The van der Waals surface area contributed by atoms with Crippen molar-refractivity contribution in [3.63, 3.8) is 0 Å². The molecule has 4 unspecified atom stereocenters. The Morgan fingerprint density at radius 1 is 1.29 bits per heavy atom. The fourth-order valence-corrected chi connectivity index (χ4v) is 2.86. The Bertz CT molecular complexity index is 205. The van der Waals surface area contributed by atoms with Gasteiger partial charge >= 0.3 is 0 Å². The summed E-state index contributed by atoms with van der Waals surface area (Å²) in [7, 11) is 0. The molecule has 17 heavy (non-hydrogen) atoms. The second kappa shape index (κ2) is 7.38. The van der Waals surface area contributed by atoms with Crippen molar-refractivity contribution < 1.29 is 0 Å². The maximum absolute atomic E-state index is 3.72. The van der Waals surface area contributed by atoms with E-state index in [-0.39, 0.29) is 0 Å². The van der Waals surface area contributed by atoms with E-state index in [0.717, 1.165) is 18.5 Å². The van der Waals surface area contributed by atoms with Crippen molar-refractivity contribution >= 4 is 0 Å². The number of unbranched alkanes of at least 4 members (excludes halogenated alkanes) is 1. The molecule has 0 amide bonds. The minimum absolute atomic E-state index is 0.695. The summed E-state index contributed by atoms with van der Waals surface area (Å²) in [5.41, 5.74) is 0. The molecule has 1 aliphatic rings. The Morgan fingerprint density at radius 3 is 2.59 bits per heavy atom. The van der Waals surface area contributed by atoms with Crippen LogP contribution in [0.2, 0.25) is 0 Å². The van der Waals surface area contributed by atoms with E-state index >= 15 is 0 Å². The second-order valence-electron chi connectivity index (χ2n) is 5.94. The molecule has 2 heteroatoms. The van der Waals surface area contributed by atoms with Crippen LogP contribution in [0, 0.1) is 5.92 Å². The third-order valence-corrected chi connectivity index (χ3v) is 4.52. The topological polar surface area (TPSA) is 15.3 Å². The molecule has 0 aromatic heterocycles. The molecule has 1 saturated heterocycles. The molecule has 0 aromatic rings. The highest BCUT2D eigenvalue weighted by atomic mass is 15.2. The van der Waals surface area contributed by atoms with Crippen LogP contribution < -0.4 is 5.32 Å². The van der Waals surface area contributed by atoms with E-state index in [1.54, 1.807) is 0 Å². The first kappa shape index (κ1) is 15.0. The Labute approximate surface area is 108 Å². The van der Waals surface area contributed by atoms with Crippen LogP contribution >= 0.6 is 0 Å². The van der Waals surface area contributed by atoms with Gasteiger partial charge in [-0.15, -0.1) is 0 Å². The Kier molecular flexibility index (Phi) is 6.50. The molecule has 0 aliphatic carbocycles. The summed E-state index contributed by atoms with van der Waals surface area (Å²) in [6.45, 7) is 14.1. The lowest BCUT2D eigenvalue weighted by molar-refractivity contribution is 0.0773. The predicted octanol–water partition coefficient (Wildman–Crippen LogP) is 3.27. The number of piperazine rings is 1. The van der Waals surface area contributed by atoms with Crippen molar-refractivity contribution in [3.05, 3.63) is 0 Å². The lowest BCUT2D eigenvalue weighted by Crippen LogP contribution is -2.59. The normalized spacial score (nSPS) is 30.2. The summed E-state index contributed by atoms with van der Waals surface area (Å²) in [6.07, 6.45) is 5.32. The van der Waals surface area contributed by atoms with Crippen LogP contribution in [0.25, 0.3) is 0 Å². The fraction of sp³-hybridized carbons (Fsp3) is 1.00. The number of hydrogen-bond acceptors (Lipinski definition) is 2. The van der Waals surface area contributed by atoms with Gasteiger partial charge in [0.2, 0.25) is 0 Å². The van der Waals surface area contributed by atoms with Crippen LogP contribution in [0.15, 0.2) is 0 Å². The van der Waals surface area contributed by atoms with Gasteiger partial charge in [-0.1, -0.05) is 40.0 Å². The van der Waals surface area contributed by atoms with E-state index in [0.29, 0.717) is 12.1 Å². The van der Waals surface area contributed by atoms with E-state index in [4.69, 9.17) is 0 Å². The van der Waals surface area contributed by atoms with Crippen LogP contribution in [0.3, 0.4) is 0 Å². The molecule has 0 aromatic carbocycles. The number of nitrogens with one attached hydrogen (secondary N) is 1. The molecule has 4 atom stereocenters. The lowest BCUT2D eigenvalue weighted by atomic mass is 9.94. The Hall–Kier alpha value is -0.0800. The highest BCUT2D eigenvalue weighted by molar-refractivity contribution is 4.88. The first-order valence-electron chi connectivity index (χ1n) is 7.59. The predicted molar refractivity (Wildman–Crippen MR) is 76.4 cm³/mol. The van der Waals surface area contributed by atoms with Gasteiger partial charge in [-0.05, 0) is 26.2 Å². The van der Waals surface area contributed by atoms with Crippen LogP contribution in [0.1, 0.15) is 60.3 Å². The zero-order valence-electron chi connectivity index (χ0n) is 12.5. The zero-order chi connectivity index (χ0) is 12.8. The molecular weight excluding hydrogens is 208 g/mol. The third-order valence-electron chi connectivity index (χ3n) is 4.52. The van der Waals surface area contributed by atoms with Gasteiger partial charge in [0.25, 0.3) is 0 Å². The van der Waals surface area contributed by atoms with Crippen LogP contribution in [0.5, 0.6) is 0 Å². The van der Waals surface area contributed by atoms with Gasteiger partial charge in [-0.2, -0.15) is 0 Å². The van der Waals surface area contributed by atoms with Crippen molar-refractivity contribution in [1.29, 1.82) is 0 Å². The van der Waals surface area contributed by atoms with Crippen LogP contribution in [-0.4, -0.2) is 36.1 Å². The molecule has 102 valence electrons. The Balaban J connectivity index is 2.50. The molecule has 1 aliphatic heterocycles. The van der Waals surface area contributed by atoms with E-state index in [2.05, 4.69) is 44.8 Å². The minimum Gasteiger partial charge on any atom is -0.311 e. The minimum atomic E-state index is 0.695. The molecule has 1 N–H and O–H groups in total. The summed E-state index contributed by atoms with van der Waals surface area (Å²) in [5.74, 6) is 0.795. The van der Waals surface area contributed by atoms with Crippen LogP contribution in [-0.2, 0) is 0 Å². The second-order valence-corrected chi connectivity index (χ2v) is 5.94. The van der Waals surface area contributed by atoms with Gasteiger partial charge in [-0.3, -0.25) is 4.90 Å². The first-order chi connectivity index (χ1) is 8.10. The quantitative estimate of drug-likeness (QED) is 0.766. The van der Waals surface area contributed by atoms with Crippen molar-refractivity contribution in [1.82, 2.24) is 10.2 Å². The number of rotatable bonds is 6. The van der Waals surface area contributed by atoms with E-state index in [9.17, 15) is 0 Å². The maximum Gasteiger partial charge on any atom is 0.0221 e. The largest absolute Gasteiger partial charge is 0.311 e. The van der Waals surface area contributed by atoms with E-state index in [1.807, 2.05) is 0 Å². The van der Waals surface area contributed by atoms with Gasteiger partial charge in [0, 0.05) is 31.2 Å². The van der Waals surface area contributed by atoms with Crippen molar-refractivity contribution in [2.24, 2.45) is 5.92 Å². The average molecular weight is 240 g/mol. The molecule has 0 spiro atoms. The summed E-state index contributed by atoms with van der Waals surface area (Å²) in [6, 6.07) is 2.14. The van der Waals surface area contributed by atoms with Crippen LogP contribution in [0.4, 0.5) is 0 Å². The summed E-state index contributed by atoms with van der Waals surface area (Å²) < 4.78 is 0. The Morgan fingerprint density at radius 2 is 2.00 bits per heavy atom. The highest BCUT2D eigenvalue weighted by Crippen LogP contribution is 2.19. The van der Waals surface area contributed by atoms with Gasteiger partial charge in [0.05, 0.1) is 0 Å². The standard InChI is InChI=1S/C15H32N2/c1-6-8-9-13(4)17-11-15(12(3)7-2)16-10-14(17)5/h12-16H,6-11H2,1-5H3. The monoisotopic (exact) mass is 240 g/mol. The number of nitrogens with zero attached hydrogens (tertiary/aromatic N) is 1. The zero-order valence-corrected chi connectivity index (χ0v) is 12.5. The van der Waals surface area contributed by atoms with Crippen molar-refractivity contribution in [2.75, 3.05) is 13.1 Å². The van der Waals surface area contributed by atoms with Gasteiger partial charge in [0.1, 0.15) is 0 Å². The summed E-state index contributed by atoms with van der Waals surface area (Å²) >= 11 is 0. The molecule has 1 rings (SSSR count). The fourth-order valence-electron chi connectivity index (χ4n) is 2.86. The molecule has 1 heterocycles. The van der Waals surface area contributed by atoms with Crippen molar-refractivity contribution in [3.8, 4) is 0 Å². The average Bonchev–Trinajstić information content (AvgIpc) is 2.35. The smallest absolute Gasteiger partial charge is 0.0221 e. The number of hydrogen-bond donors (Lipinski definition) is 1. The summed E-state index contributed by atoms with van der Waals surface area (Å²) in [4.78, 5) is 2.73. The maximum atomic E-state index is 3.72. The van der Waals surface area contributed by atoms with E-state index in [1.165, 1.54) is 32.2 Å². The molecular formula is C15H32N2. The first-order valence-corrected chi connectivity index (χ1v) is 7.59. The highest BCUT2D eigenvalue weighted by Gasteiger charge is 2.29. The molecule has 0 bridgehead atoms. The van der Waals surface area contributed by atoms with E-state index < -0.39 is 0 Å². The lowest BCUT2D eigenvalue weighted by Gasteiger charge is -2.44. The molecule has 1 fully saturated rings. The molecule has 0 saturated carbocycles. The van der Waals surface area contributed by atoms with Gasteiger partial charge in [0.15, 0.2) is 0 Å². The SMILES string of the molecule is CCCCC(C)N1CC(C(C)CC)NCC1C. The molecule has 2 nitrogen and oxygen atoms in total.